The van der Waals surface area contributed by atoms with E-state index in [-0.39, 0.29) is 11.1 Å². The predicted octanol–water partition coefficient (Wildman–Crippen LogP) is 3.17. The van der Waals surface area contributed by atoms with E-state index in [0.29, 0.717) is 29.4 Å². The lowest BCUT2D eigenvalue weighted by atomic mass is 10.1. The zero-order valence-electron chi connectivity index (χ0n) is 15.6. The molecule has 0 unspecified atom stereocenters. The number of hydrogen-bond donors (Lipinski definition) is 2. The second-order valence-corrected chi connectivity index (χ2v) is 6.95. The molecule has 0 amide bonds. The maximum absolute atomic E-state index is 12.0. The Morgan fingerprint density at radius 1 is 1.31 bits per heavy atom. The Morgan fingerprint density at radius 2 is 2.17 bits per heavy atom. The fourth-order valence-corrected chi connectivity index (χ4v) is 3.40. The first-order valence-corrected chi connectivity index (χ1v) is 9.39. The van der Waals surface area contributed by atoms with E-state index in [2.05, 4.69) is 20.5 Å². The predicted molar refractivity (Wildman–Crippen MR) is 111 cm³/mol. The summed E-state index contributed by atoms with van der Waals surface area (Å²) < 4.78 is 6.61. The molecule has 3 heterocycles. The Hall–Kier alpha value is -3.39. The Balaban J connectivity index is 1.48. The van der Waals surface area contributed by atoms with Gasteiger partial charge >= 0.3 is 5.97 Å². The molecule has 2 aliphatic rings. The molecule has 0 saturated carbocycles. The number of halogens is 1. The van der Waals surface area contributed by atoms with Crippen LogP contribution in [-0.2, 0) is 11.3 Å². The maximum Gasteiger partial charge on any atom is 0.341 e. The van der Waals surface area contributed by atoms with Crippen molar-refractivity contribution in [3.63, 3.8) is 0 Å². The fourth-order valence-electron chi connectivity index (χ4n) is 3.24. The third-order valence-electron chi connectivity index (χ3n) is 4.63. The minimum atomic E-state index is -0.532. The third-order valence-corrected chi connectivity index (χ3v) is 4.87. The van der Waals surface area contributed by atoms with Gasteiger partial charge in [0.05, 0.1) is 18.2 Å². The number of benzene rings is 1. The minimum Gasteiger partial charge on any atom is -0.465 e. The van der Waals surface area contributed by atoms with Gasteiger partial charge in [0.15, 0.2) is 0 Å². The normalized spacial score (nSPS) is 11.1. The molecular weight excluding hydrogens is 394 g/mol. The van der Waals surface area contributed by atoms with E-state index in [1.54, 1.807) is 23.2 Å². The highest BCUT2D eigenvalue weighted by Gasteiger charge is 2.21. The van der Waals surface area contributed by atoms with Crippen molar-refractivity contribution >= 4 is 34.2 Å². The number of anilines is 1. The van der Waals surface area contributed by atoms with Crippen LogP contribution in [0.5, 0.6) is 0 Å². The molecule has 1 aromatic heterocycles. The second-order valence-electron chi connectivity index (χ2n) is 6.52. The summed E-state index contributed by atoms with van der Waals surface area (Å²) in [6, 6.07) is 7.52. The highest BCUT2D eigenvalue weighted by Crippen LogP contribution is 2.24. The molecule has 0 atom stereocenters. The summed E-state index contributed by atoms with van der Waals surface area (Å²) in [6.45, 7) is 1.29. The molecule has 0 aliphatic carbocycles. The topological polar surface area (TPSA) is 102 Å². The quantitative estimate of drug-likeness (QED) is 0.373. The van der Waals surface area contributed by atoms with E-state index in [1.807, 2.05) is 24.3 Å². The lowest BCUT2D eigenvalue weighted by Crippen LogP contribution is -2.13. The molecule has 0 saturated heterocycles. The number of carbonyl (C=O) groups is 1. The van der Waals surface area contributed by atoms with Crippen LogP contribution in [-0.4, -0.2) is 39.4 Å². The van der Waals surface area contributed by atoms with Gasteiger partial charge in [-0.2, -0.15) is 5.10 Å². The van der Waals surface area contributed by atoms with E-state index in [1.165, 1.54) is 7.11 Å². The average molecular weight is 412 g/mol. The lowest BCUT2D eigenvalue weighted by molar-refractivity contribution is 0.0600. The molecule has 9 heteroatoms. The maximum atomic E-state index is 12.0. The minimum absolute atomic E-state index is 0.258. The molecule has 0 spiro atoms. The van der Waals surface area contributed by atoms with E-state index in [0.717, 1.165) is 23.0 Å². The van der Waals surface area contributed by atoms with Crippen molar-refractivity contribution in [1.29, 1.82) is 0 Å². The zero-order valence-corrected chi connectivity index (χ0v) is 16.4. The van der Waals surface area contributed by atoms with Crippen molar-refractivity contribution in [3.05, 3.63) is 63.8 Å². The van der Waals surface area contributed by atoms with Crippen molar-refractivity contribution in [2.45, 2.75) is 13.0 Å². The molecule has 29 heavy (non-hydrogen) atoms. The number of hydrogen-bond acceptors (Lipinski definition) is 6. The van der Waals surface area contributed by atoms with Crippen LogP contribution in [0.25, 0.3) is 22.2 Å². The van der Waals surface area contributed by atoms with Crippen LogP contribution in [0.3, 0.4) is 0 Å². The molecule has 2 N–H and O–H groups in total. The first kappa shape index (κ1) is 18.9. The summed E-state index contributed by atoms with van der Waals surface area (Å²) in [5.41, 5.74) is 2.40. The van der Waals surface area contributed by atoms with Crippen LogP contribution < -0.4 is 10.9 Å². The van der Waals surface area contributed by atoms with Crippen molar-refractivity contribution in [2.24, 2.45) is 0 Å². The molecular formula is C20H18ClN5O3. The zero-order chi connectivity index (χ0) is 20.4. The smallest absolute Gasteiger partial charge is 0.341 e. The van der Waals surface area contributed by atoms with Crippen LogP contribution in [0.15, 0.2) is 47.7 Å². The van der Waals surface area contributed by atoms with E-state index in [4.69, 9.17) is 16.3 Å². The first-order valence-electron chi connectivity index (χ1n) is 9.01. The number of nitrogens with zero attached hydrogens (tertiary/aromatic N) is 3. The lowest BCUT2D eigenvalue weighted by Gasteiger charge is -2.13. The Morgan fingerprint density at radius 3 is 3.00 bits per heavy atom. The number of esters is 1. The number of aryl methyl sites for hydroxylation is 1. The number of pyridine rings is 2. The van der Waals surface area contributed by atoms with E-state index < -0.39 is 5.97 Å². The molecule has 2 aromatic rings. The molecule has 0 bridgehead atoms. The Bertz CT molecular complexity index is 1220. The Labute approximate surface area is 170 Å². The van der Waals surface area contributed by atoms with Gasteiger partial charge in [-0.25, -0.2) is 9.89 Å². The van der Waals surface area contributed by atoms with Gasteiger partial charge in [0.25, 0.3) is 5.56 Å². The number of nitrogens with one attached hydrogen (secondary N) is 2. The summed E-state index contributed by atoms with van der Waals surface area (Å²) in [4.78, 5) is 28.3. The number of methoxy groups -OCH3 is 1. The molecule has 1 aromatic carbocycles. The summed E-state index contributed by atoms with van der Waals surface area (Å²) in [6.07, 6.45) is 5.84. The number of aromatic nitrogens is 4. The van der Waals surface area contributed by atoms with Gasteiger partial charge in [0.1, 0.15) is 11.3 Å². The molecule has 0 radical (unpaired) electrons. The molecule has 148 valence electrons. The fraction of sp³-hybridized carbons (Fsp3) is 0.200. The molecule has 2 aliphatic heterocycles. The second kappa shape index (κ2) is 7.92. The number of rotatable bonds is 6. The van der Waals surface area contributed by atoms with E-state index >= 15 is 0 Å². The summed E-state index contributed by atoms with van der Waals surface area (Å²) >= 11 is 6.03. The largest absolute Gasteiger partial charge is 0.465 e. The van der Waals surface area contributed by atoms with Gasteiger partial charge in [0.2, 0.25) is 0 Å². The third kappa shape index (κ3) is 3.79. The van der Waals surface area contributed by atoms with Crippen molar-refractivity contribution < 1.29 is 9.53 Å². The highest BCUT2D eigenvalue weighted by atomic mass is 35.5. The SMILES string of the molecule is COC(=O)c1cn(CCCNc2ccnc3cc(Cl)ccc23)cc2c(=O)[nH]nc1-2. The van der Waals surface area contributed by atoms with Gasteiger partial charge in [-0.1, -0.05) is 11.6 Å². The molecule has 0 fully saturated rings. The van der Waals surface area contributed by atoms with Gasteiger partial charge < -0.3 is 14.6 Å². The standard InChI is InChI=1S/C20H18ClN5O3/c1-29-20(28)15-11-26(10-14-18(15)24-25-19(14)27)8-2-6-22-16-5-7-23-17-9-12(21)3-4-13(16)17/h3-5,7,9-11H,2,6,8H2,1H3,(H,22,23)(H,25,27). The highest BCUT2D eigenvalue weighted by molar-refractivity contribution is 6.31. The first-order chi connectivity index (χ1) is 14.1. The number of carbonyl (C=O) groups excluding carboxylic acids is 1. The van der Waals surface area contributed by atoms with Crippen LogP contribution in [0, 0.1) is 0 Å². The number of ether oxygens (including phenoxy) is 1. The van der Waals surface area contributed by atoms with Gasteiger partial charge in [-0.05, 0) is 30.7 Å². The van der Waals surface area contributed by atoms with Crippen molar-refractivity contribution in [1.82, 2.24) is 19.7 Å². The van der Waals surface area contributed by atoms with Gasteiger partial charge in [-0.3, -0.25) is 9.78 Å². The van der Waals surface area contributed by atoms with Crippen LogP contribution >= 0.6 is 11.6 Å². The van der Waals surface area contributed by atoms with Crippen LogP contribution in [0.1, 0.15) is 16.8 Å². The number of H-pyrrole nitrogens is 1. The van der Waals surface area contributed by atoms with Gasteiger partial charge in [-0.15, -0.1) is 0 Å². The summed E-state index contributed by atoms with van der Waals surface area (Å²) in [7, 11) is 1.30. The molecule has 4 rings (SSSR count). The van der Waals surface area contributed by atoms with E-state index in [9.17, 15) is 9.59 Å². The number of aromatic amines is 1. The van der Waals surface area contributed by atoms with Crippen LogP contribution in [0.4, 0.5) is 5.69 Å². The van der Waals surface area contributed by atoms with Crippen molar-refractivity contribution in [2.75, 3.05) is 19.0 Å². The molecule has 8 nitrogen and oxygen atoms in total. The monoisotopic (exact) mass is 411 g/mol. The van der Waals surface area contributed by atoms with Gasteiger partial charge in [0, 0.05) is 47.8 Å². The average Bonchev–Trinajstić information content (AvgIpc) is 3.10. The summed E-state index contributed by atoms with van der Waals surface area (Å²) in [5.74, 6) is -0.532. The number of fused-ring (bicyclic) bond motifs is 2. The summed E-state index contributed by atoms with van der Waals surface area (Å²) in [5, 5.41) is 11.3. The Kier molecular flexibility index (Phi) is 5.18. The van der Waals surface area contributed by atoms with Crippen molar-refractivity contribution in [3.8, 4) is 11.3 Å². The van der Waals surface area contributed by atoms with Crippen LogP contribution in [0.2, 0.25) is 5.02 Å².